The van der Waals surface area contributed by atoms with E-state index in [0.717, 1.165) is 12.1 Å². The lowest BCUT2D eigenvalue weighted by Gasteiger charge is -1.93. The minimum atomic E-state index is 0.723. The van der Waals surface area contributed by atoms with Gasteiger partial charge in [-0.2, -0.15) is 0 Å². The molecule has 0 atom stereocenters. The molecule has 0 saturated carbocycles. The monoisotopic (exact) mass is 130 g/mol. The van der Waals surface area contributed by atoms with Crippen LogP contribution in [0.4, 0.5) is 0 Å². The van der Waals surface area contributed by atoms with Crippen molar-refractivity contribution in [1.82, 2.24) is 5.73 Å². The summed E-state index contributed by atoms with van der Waals surface area (Å²) in [5, 5.41) is 0. The van der Waals surface area contributed by atoms with Crippen LogP contribution in [0.5, 0.6) is 0 Å². The zero-order valence-electron chi connectivity index (χ0n) is 5.59. The number of benzene rings is 1. The first kappa shape index (κ1) is 5.54. The molecule has 0 amide bonds. The Hall–Kier alpha value is -1.24. The topological polar surface area (TPSA) is 23.8 Å². The molecule has 0 unspecified atom stereocenters. The molecule has 0 bridgehead atoms. The fourth-order valence-corrected chi connectivity index (χ4v) is 1.28. The van der Waals surface area contributed by atoms with Gasteiger partial charge >= 0.3 is 0 Å². The van der Waals surface area contributed by atoms with Crippen LogP contribution >= 0.6 is 0 Å². The Morgan fingerprint density at radius 3 is 2.80 bits per heavy atom. The summed E-state index contributed by atoms with van der Waals surface area (Å²) in [4.78, 5) is 0. The molecule has 1 N–H and O–H groups in total. The maximum atomic E-state index is 7.38. The molecule has 0 aliphatic heterocycles. The Morgan fingerprint density at radius 1 is 1.20 bits per heavy atom. The molecule has 1 radical (unpaired) electrons. The van der Waals surface area contributed by atoms with E-state index < -0.39 is 0 Å². The Bertz CT molecular complexity index is 287. The highest BCUT2D eigenvalue weighted by atomic mass is 14.6. The van der Waals surface area contributed by atoms with Crippen LogP contribution in [0.3, 0.4) is 0 Å². The van der Waals surface area contributed by atoms with Crippen LogP contribution in [0, 0.1) is 0 Å². The molecule has 1 heteroatoms. The van der Waals surface area contributed by atoms with E-state index in [1.54, 1.807) is 0 Å². The van der Waals surface area contributed by atoms with Crippen molar-refractivity contribution in [2.24, 2.45) is 0 Å². The van der Waals surface area contributed by atoms with E-state index in [1.165, 1.54) is 11.1 Å². The standard InChI is InChI=1S/C9H8N/c10-9-5-7-3-1-2-4-8(7)6-9/h1-5,10H,6H2. The summed E-state index contributed by atoms with van der Waals surface area (Å²) in [6.07, 6.45) is 2.74. The predicted octanol–water partition coefficient (Wildman–Crippen LogP) is 1.87. The third-order valence-corrected chi connectivity index (χ3v) is 1.77. The maximum absolute atomic E-state index is 7.38. The van der Waals surface area contributed by atoms with Gasteiger partial charge in [-0.3, -0.25) is 0 Å². The molecule has 0 fully saturated rings. The summed E-state index contributed by atoms with van der Waals surface area (Å²) >= 11 is 0. The van der Waals surface area contributed by atoms with E-state index in [2.05, 4.69) is 12.1 Å². The highest BCUT2D eigenvalue weighted by Gasteiger charge is 2.07. The normalized spacial score (nSPS) is 14.6. The average Bonchev–Trinajstić information content (AvgIpc) is 2.27. The lowest BCUT2D eigenvalue weighted by molar-refractivity contribution is 1.13. The van der Waals surface area contributed by atoms with E-state index in [-0.39, 0.29) is 0 Å². The first-order valence-corrected chi connectivity index (χ1v) is 3.36. The first-order valence-electron chi connectivity index (χ1n) is 3.36. The second-order valence-corrected chi connectivity index (χ2v) is 2.55. The second kappa shape index (κ2) is 1.87. The highest BCUT2D eigenvalue weighted by Crippen LogP contribution is 2.21. The molecule has 1 aromatic carbocycles. The van der Waals surface area contributed by atoms with Crippen molar-refractivity contribution >= 4 is 6.08 Å². The molecule has 0 saturated heterocycles. The van der Waals surface area contributed by atoms with Gasteiger partial charge in [0.05, 0.1) is 0 Å². The van der Waals surface area contributed by atoms with Crippen LogP contribution < -0.4 is 5.73 Å². The van der Waals surface area contributed by atoms with E-state index in [1.807, 2.05) is 18.2 Å². The van der Waals surface area contributed by atoms with Crippen molar-refractivity contribution in [3.05, 3.63) is 41.1 Å². The predicted molar refractivity (Wildman–Crippen MR) is 41.2 cm³/mol. The van der Waals surface area contributed by atoms with Crippen LogP contribution in [-0.4, -0.2) is 0 Å². The number of fused-ring (bicyclic) bond motifs is 1. The van der Waals surface area contributed by atoms with Crippen LogP contribution in [0.1, 0.15) is 11.1 Å². The smallest absolute Gasteiger partial charge is 0.0364 e. The third kappa shape index (κ3) is 0.711. The molecule has 0 spiro atoms. The first-order chi connectivity index (χ1) is 4.86. The van der Waals surface area contributed by atoms with Gasteiger partial charge in [-0.05, 0) is 17.2 Å². The van der Waals surface area contributed by atoms with Crippen LogP contribution in [0.25, 0.3) is 6.08 Å². The number of rotatable bonds is 0. The Morgan fingerprint density at radius 2 is 2.00 bits per heavy atom. The van der Waals surface area contributed by atoms with Gasteiger partial charge in [0.2, 0.25) is 0 Å². The molecule has 1 aliphatic rings. The minimum Gasteiger partial charge on any atom is -0.305 e. The third-order valence-electron chi connectivity index (χ3n) is 1.77. The number of hydrogen-bond acceptors (Lipinski definition) is 0. The lowest BCUT2D eigenvalue weighted by Crippen LogP contribution is -1.82. The van der Waals surface area contributed by atoms with Gasteiger partial charge in [0.1, 0.15) is 0 Å². The summed E-state index contributed by atoms with van der Waals surface area (Å²) in [6, 6.07) is 8.16. The molecular weight excluding hydrogens is 122 g/mol. The summed E-state index contributed by atoms with van der Waals surface area (Å²) in [7, 11) is 0. The Balaban J connectivity index is 2.54. The maximum Gasteiger partial charge on any atom is 0.0364 e. The number of allylic oxidation sites excluding steroid dienone is 1. The van der Waals surface area contributed by atoms with E-state index in [0.29, 0.717) is 0 Å². The molecule has 0 heterocycles. The van der Waals surface area contributed by atoms with Gasteiger partial charge in [0.25, 0.3) is 0 Å². The number of nitrogens with one attached hydrogen (secondary N) is 1. The zero-order valence-corrected chi connectivity index (χ0v) is 5.59. The fraction of sp³-hybridized carbons (Fsp3) is 0.111. The quantitative estimate of drug-likeness (QED) is 0.512. The molecule has 1 aromatic rings. The Kier molecular flexibility index (Phi) is 1.04. The van der Waals surface area contributed by atoms with Crippen molar-refractivity contribution in [1.29, 1.82) is 0 Å². The molecule has 1 aliphatic carbocycles. The molecule has 2 rings (SSSR count). The van der Waals surface area contributed by atoms with Gasteiger partial charge in [-0.1, -0.05) is 24.3 Å². The van der Waals surface area contributed by atoms with E-state index in [9.17, 15) is 0 Å². The summed E-state index contributed by atoms with van der Waals surface area (Å²) in [5.74, 6) is 0. The van der Waals surface area contributed by atoms with Gasteiger partial charge in [-0.15, -0.1) is 0 Å². The largest absolute Gasteiger partial charge is 0.305 e. The fourth-order valence-electron chi connectivity index (χ4n) is 1.28. The van der Waals surface area contributed by atoms with Crippen molar-refractivity contribution in [3.63, 3.8) is 0 Å². The minimum absolute atomic E-state index is 0.723. The summed E-state index contributed by atoms with van der Waals surface area (Å²) in [5.41, 5.74) is 10.6. The SMILES string of the molecule is [NH]C1=Cc2ccccc2C1. The van der Waals surface area contributed by atoms with Gasteiger partial charge in [0, 0.05) is 12.1 Å². The molecule has 1 nitrogen and oxygen atoms in total. The van der Waals surface area contributed by atoms with Crippen LogP contribution in [0.15, 0.2) is 30.0 Å². The summed E-state index contributed by atoms with van der Waals surface area (Å²) in [6.45, 7) is 0. The van der Waals surface area contributed by atoms with Crippen molar-refractivity contribution < 1.29 is 0 Å². The molecule has 0 aromatic heterocycles. The van der Waals surface area contributed by atoms with E-state index in [4.69, 9.17) is 5.73 Å². The van der Waals surface area contributed by atoms with Crippen LogP contribution in [0.2, 0.25) is 0 Å². The molecule has 10 heavy (non-hydrogen) atoms. The van der Waals surface area contributed by atoms with Gasteiger partial charge in [-0.25, -0.2) is 0 Å². The summed E-state index contributed by atoms with van der Waals surface area (Å²) < 4.78 is 0. The average molecular weight is 130 g/mol. The van der Waals surface area contributed by atoms with Crippen molar-refractivity contribution in [2.75, 3.05) is 0 Å². The zero-order chi connectivity index (χ0) is 6.97. The lowest BCUT2D eigenvalue weighted by atomic mass is 10.1. The van der Waals surface area contributed by atoms with Crippen molar-refractivity contribution in [2.45, 2.75) is 6.42 Å². The molecule has 49 valence electrons. The highest BCUT2D eigenvalue weighted by molar-refractivity contribution is 5.62. The van der Waals surface area contributed by atoms with Gasteiger partial charge in [0.15, 0.2) is 0 Å². The molecular formula is C9H8N. The van der Waals surface area contributed by atoms with Crippen LogP contribution in [-0.2, 0) is 6.42 Å². The van der Waals surface area contributed by atoms with Gasteiger partial charge < -0.3 is 5.73 Å². The van der Waals surface area contributed by atoms with Crippen molar-refractivity contribution in [3.8, 4) is 0 Å². The Labute approximate surface area is 60.2 Å². The number of hydrogen-bond donors (Lipinski definition) is 0. The second-order valence-electron chi connectivity index (χ2n) is 2.55. The van der Waals surface area contributed by atoms with E-state index >= 15 is 0 Å².